The number of amides is 1. The van der Waals surface area contributed by atoms with Gasteiger partial charge < -0.3 is 9.73 Å². The molecule has 0 aliphatic heterocycles. The Morgan fingerprint density at radius 3 is 2.33 bits per heavy atom. The van der Waals surface area contributed by atoms with E-state index in [2.05, 4.69) is 5.32 Å². The van der Waals surface area contributed by atoms with Crippen LogP contribution in [0.15, 0.2) is 76.2 Å². The van der Waals surface area contributed by atoms with Gasteiger partial charge in [-0.05, 0) is 42.3 Å². The zero-order valence-corrected chi connectivity index (χ0v) is 20.1. The molecule has 3 rings (SSSR count). The second-order valence-electron chi connectivity index (χ2n) is 7.82. The fourth-order valence-electron chi connectivity index (χ4n) is 3.63. The fraction of sp³-hybridized carbons (Fsp3) is 0.320. The molecule has 0 saturated carbocycles. The number of benzene rings is 2. The van der Waals surface area contributed by atoms with E-state index in [1.54, 1.807) is 32.2 Å². The van der Waals surface area contributed by atoms with E-state index in [-0.39, 0.29) is 17.3 Å². The van der Waals surface area contributed by atoms with Crippen LogP contribution in [-0.2, 0) is 27.9 Å². The van der Waals surface area contributed by atoms with Gasteiger partial charge in [0.1, 0.15) is 5.76 Å². The van der Waals surface area contributed by atoms with Crippen molar-refractivity contribution in [2.75, 3.05) is 25.0 Å². The lowest BCUT2D eigenvalue weighted by Gasteiger charge is -2.22. The van der Waals surface area contributed by atoms with Gasteiger partial charge in [-0.15, -0.1) is 0 Å². The highest BCUT2D eigenvalue weighted by Crippen LogP contribution is 2.23. The second kappa shape index (κ2) is 11.3. The minimum absolute atomic E-state index is 0.127. The van der Waals surface area contributed by atoms with Crippen molar-refractivity contribution in [2.24, 2.45) is 0 Å². The third-order valence-corrected chi connectivity index (χ3v) is 7.45. The first-order valence-corrected chi connectivity index (χ1v) is 12.5. The van der Waals surface area contributed by atoms with E-state index in [0.717, 1.165) is 16.9 Å². The summed E-state index contributed by atoms with van der Waals surface area (Å²) in [6.45, 7) is 7.40. The average Bonchev–Trinajstić information content (AvgIpc) is 3.29. The third kappa shape index (κ3) is 6.54. The number of nitrogens with one attached hydrogen (secondary N) is 1. The van der Waals surface area contributed by atoms with Crippen LogP contribution in [0.1, 0.15) is 30.7 Å². The second-order valence-corrected chi connectivity index (χ2v) is 9.76. The van der Waals surface area contributed by atoms with Gasteiger partial charge in [-0.3, -0.25) is 9.69 Å². The standard InChI is InChI=1S/C25H31N3O4S/c1-4-28(5-2)33(30,31)23-14-13-20(3)24(16-23)26-25(29)19-27(18-22-12-9-15-32-22)17-21-10-7-6-8-11-21/h6-16H,4-5,17-19H2,1-3H3,(H,26,29). The van der Waals surface area contributed by atoms with E-state index in [9.17, 15) is 13.2 Å². The molecule has 2 aromatic carbocycles. The van der Waals surface area contributed by atoms with E-state index in [4.69, 9.17) is 4.42 Å². The number of anilines is 1. The van der Waals surface area contributed by atoms with Crippen LogP contribution in [0.25, 0.3) is 0 Å². The van der Waals surface area contributed by atoms with Crippen LogP contribution in [0, 0.1) is 6.92 Å². The SMILES string of the molecule is CCN(CC)S(=O)(=O)c1ccc(C)c(NC(=O)CN(Cc2ccccc2)Cc2ccco2)c1. The summed E-state index contributed by atoms with van der Waals surface area (Å²) in [6, 6.07) is 18.4. The van der Waals surface area contributed by atoms with E-state index in [1.165, 1.54) is 10.4 Å². The molecule has 8 heteroatoms. The first-order valence-electron chi connectivity index (χ1n) is 11.0. The normalized spacial score (nSPS) is 11.8. The molecule has 0 saturated heterocycles. The van der Waals surface area contributed by atoms with Gasteiger partial charge in [0.15, 0.2) is 0 Å². The molecule has 1 N–H and O–H groups in total. The summed E-state index contributed by atoms with van der Waals surface area (Å²) in [7, 11) is -3.62. The van der Waals surface area contributed by atoms with Crippen molar-refractivity contribution < 1.29 is 17.6 Å². The Hall–Kier alpha value is -2.94. The maximum Gasteiger partial charge on any atom is 0.243 e. The molecule has 1 amide bonds. The molecular formula is C25H31N3O4S. The number of hydrogen-bond acceptors (Lipinski definition) is 5. The molecule has 0 radical (unpaired) electrons. The summed E-state index contributed by atoms with van der Waals surface area (Å²) in [4.78, 5) is 15.1. The van der Waals surface area contributed by atoms with E-state index >= 15 is 0 Å². The summed E-state index contributed by atoms with van der Waals surface area (Å²) in [5, 5.41) is 2.90. The van der Waals surface area contributed by atoms with Gasteiger partial charge in [-0.1, -0.05) is 50.2 Å². The molecule has 0 aliphatic rings. The lowest BCUT2D eigenvalue weighted by atomic mass is 10.2. The maximum atomic E-state index is 13.0. The van der Waals surface area contributed by atoms with Gasteiger partial charge in [0.25, 0.3) is 0 Å². The zero-order chi connectivity index (χ0) is 23.8. The monoisotopic (exact) mass is 469 g/mol. The number of carbonyl (C=O) groups is 1. The molecule has 0 unspecified atom stereocenters. The smallest absolute Gasteiger partial charge is 0.243 e. The molecule has 3 aromatic rings. The van der Waals surface area contributed by atoms with Crippen LogP contribution in [0.2, 0.25) is 0 Å². The molecule has 0 atom stereocenters. The minimum Gasteiger partial charge on any atom is -0.468 e. The Morgan fingerprint density at radius 2 is 1.70 bits per heavy atom. The number of furan rings is 1. The molecule has 7 nitrogen and oxygen atoms in total. The van der Waals surface area contributed by atoms with Crippen molar-refractivity contribution in [3.8, 4) is 0 Å². The highest BCUT2D eigenvalue weighted by atomic mass is 32.2. The van der Waals surface area contributed by atoms with Crippen molar-refractivity contribution in [1.82, 2.24) is 9.21 Å². The highest BCUT2D eigenvalue weighted by molar-refractivity contribution is 7.89. The van der Waals surface area contributed by atoms with Crippen LogP contribution in [0.4, 0.5) is 5.69 Å². The Kier molecular flexibility index (Phi) is 8.43. The fourth-order valence-corrected chi connectivity index (χ4v) is 5.12. The van der Waals surface area contributed by atoms with Crippen molar-refractivity contribution in [2.45, 2.75) is 38.8 Å². The van der Waals surface area contributed by atoms with Crippen LogP contribution in [0.3, 0.4) is 0 Å². The Labute approximate surface area is 196 Å². The number of hydrogen-bond donors (Lipinski definition) is 1. The number of carbonyl (C=O) groups excluding carboxylic acids is 1. The van der Waals surface area contributed by atoms with Gasteiger partial charge in [0, 0.05) is 25.3 Å². The molecule has 1 heterocycles. The molecular weight excluding hydrogens is 438 g/mol. The maximum absolute atomic E-state index is 13.0. The van der Waals surface area contributed by atoms with Gasteiger partial charge in [0.2, 0.25) is 15.9 Å². The van der Waals surface area contributed by atoms with E-state index in [1.807, 2.05) is 54.3 Å². The molecule has 0 aliphatic carbocycles. The van der Waals surface area contributed by atoms with E-state index < -0.39 is 10.0 Å². The average molecular weight is 470 g/mol. The van der Waals surface area contributed by atoms with Crippen molar-refractivity contribution in [1.29, 1.82) is 0 Å². The Bertz CT molecular complexity index is 1140. The molecule has 0 spiro atoms. The molecule has 33 heavy (non-hydrogen) atoms. The minimum atomic E-state index is -3.62. The quantitative estimate of drug-likeness (QED) is 0.454. The summed E-state index contributed by atoms with van der Waals surface area (Å²) >= 11 is 0. The third-order valence-electron chi connectivity index (χ3n) is 5.40. The number of rotatable bonds is 11. The zero-order valence-electron chi connectivity index (χ0n) is 19.3. The molecule has 0 bridgehead atoms. The van der Waals surface area contributed by atoms with Crippen LogP contribution in [0.5, 0.6) is 0 Å². The summed E-state index contributed by atoms with van der Waals surface area (Å²) in [5.41, 5.74) is 2.37. The highest BCUT2D eigenvalue weighted by Gasteiger charge is 2.23. The molecule has 176 valence electrons. The van der Waals surface area contributed by atoms with Gasteiger partial charge in [-0.2, -0.15) is 4.31 Å². The lowest BCUT2D eigenvalue weighted by molar-refractivity contribution is -0.117. The van der Waals surface area contributed by atoms with E-state index in [0.29, 0.717) is 31.9 Å². The van der Waals surface area contributed by atoms with Crippen molar-refractivity contribution in [3.63, 3.8) is 0 Å². The van der Waals surface area contributed by atoms with Crippen molar-refractivity contribution >= 4 is 21.6 Å². The first-order chi connectivity index (χ1) is 15.8. The van der Waals surface area contributed by atoms with Gasteiger partial charge >= 0.3 is 0 Å². The molecule has 1 aromatic heterocycles. The number of nitrogens with zero attached hydrogens (tertiary/aromatic N) is 2. The topological polar surface area (TPSA) is 82.9 Å². The number of sulfonamides is 1. The lowest BCUT2D eigenvalue weighted by Crippen LogP contribution is -2.33. The predicted molar refractivity (Wildman–Crippen MR) is 129 cm³/mol. The predicted octanol–water partition coefficient (Wildman–Crippen LogP) is 4.26. The number of aryl methyl sites for hydroxylation is 1. The van der Waals surface area contributed by atoms with Crippen molar-refractivity contribution in [3.05, 3.63) is 83.8 Å². The van der Waals surface area contributed by atoms with Crippen LogP contribution < -0.4 is 5.32 Å². The summed E-state index contributed by atoms with van der Waals surface area (Å²) < 4.78 is 32.7. The van der Waals surface area contributed by atoms with Crippen LogP contribution in [-0.4, -0.2) is 43.2 Å². The summed E-state index contributed by atoms with van der Waals surface area (Å²) in [6.07, 6.45) is 1.61. The molecule has 0 fully saturated rings. The first kappa shape index (κ1) is 24.7. The Morgan fingerprint density at radius 1 is 0.970 bits per heavy atom. The van der Waals surface area contributed by atoms with Gasteiger partial charge in [0.05, 0.1) is 24.2 Å². The Balaban J connectivity index is 1.77. The van der Waals surface area contributed by atoms with Gasteiger partial charge in [-0.25, -0.2) is 8.42 Å². The van der Waals surface area contributed by atoms with Crippen LogP contribution >= 0.6 is 0 Å². The largest absolute Gasteiger partial charge is 0.468 e. The summed E-state index contributed by atoms with van der Waals surface area (Å²) in [5.74, 6) is 0.542.